The van der Waals surface area contributed by atoms with Crippen LogP contribution < -0.4 is 16.0 Å². The smallest absolute Gasteiger partial charge is 0.224 e. The minimum Gasteiger partial charge on any atom is -0.393 e. The molecule has 1 aliphatic carbocycles. The highest BCUT2D eigenvalue weighted by Crippen LogP contribution is 2.32. The lowest BCUT2D eigenvalue weighted by atomic mass is 9.93. The summed E-state index contributed by atoms with van der Waals surface area (Å²) in [6, 6.07) is 1.01. The number of carbonyl (C=O) groups is 1. The Hall–Kier alpha value is -3.41. The molecule has 4 N–H and O–H groups in total. The maximum atomic E-state index is 14.3. The predicted octanol–water partition coefficient (Wildman–Crippen LogP) is 3.15. The molecule has 180 valence electrons. The van der Waals surface area contributed by atoms with Crippen molar-refractivity contribution < 1.29 is 23.1 Å². The number of aliphatic hydroxyl groups is 1. The molecule has 2 fully saturated rings. The van der Waals surface area contributed by atoms with Crippen molar-refractivity contribution in [3.05, 3.63) is 35.8 Å². The molecule has 0 bridgehead atoms. The van der Waals surface area contributed by atoms with Crippen LogP contribution in [0.5, 0.6) is 0 Å². The number of nitrogens with zero attached hydrogens (tertiary/aromatic N) is 4. The van der Waals surface area contributed by atoms with E-state index in [-0.39, 0.29) is 36.5 Å². The summed E-state index contributed by atoms with van der Waals surface area (Å²) >= 11 is 0. The van der Waals surface area contributed by atoms with Gasteiger partial charge in [-0.25, -0.2) is 23.1 Å². The van der Waals surface area contributed by atoms with Gasteiger partial charge in [0.05, 0.1) is 18.3 Å². The molecule has 1 aliphatic heterocycles. The van der Waals surface area contributed by atoms with Crippen LogP contribution in [0.4, 0.5) is 30.8 Å². The highest BCUT2D eigenvalue weighted by Gasteiger charge is 2.27. The van der Waals surface area contributed by atoms with Crippen LogP contribution in [0, 0.1) is 17.5 Å². The molecule has 34 heavy (non-hydrogen) atoms. The molecule has 1 aromatic carbocycles. The number of aromatic nitrogens is 4. The summed E-state index contributed by atoms with van der Waals surface area (Å²) in [6.07, 6.45) is 4.95. The van der Waals surface area contributed by atoms with Crippen molar-refractivity contribution >= 4 is 34.7 Å². The molecule has 1 saturated carbocycles. The number of carbonyl (C=O) groups excluding carboxylic acids is 1. The number of piperidine rings is 1. The summed E-state index contributed by atoms with van der Waals surface area (Å²) in [5.74, 6) is -2.82. The fourth-order valence-corrected chi connectivity index (χ4v) is 4.51. The number of hydrogen-bond acceptors (Lipinski definition) is 7. The number of rotatable bonds is 5. The van der Waals surface area contributed by atoms with Gasteiger partial charge >= 0.3 is 0 Å². The molecular weight excluding hydrogens is 451 g/mol. The highest BCUT2D eigenvalue weighted by molar-refractivity contribution is 5.78. The van der Waals surface area contributed by atoms with E-state index in [4.69, 9.17) is 0 Å². The van der Waals surface area contributed by atoms with Crippen LogP contribution in [0.2, 0.25) is 0 Å². The summed E-state index contributed by atoms with van der Waals surface area (Å²) in [6.45, 7) is 0.292. The lowest BCUT2D eigenvalue weighted by molar-refractivity contribution is -0.122. The Morgan fingerprint density at radius 1 is 1.06 bits per heavy atom. The minimum absolute atomic E-state index is 0.0812. The second-order valence-electron chi connectivity index (χ2n) is 8.72. The number of amides is 1. The standard InChI is InChI=1S/C22H24F3N7O2/c23-11-7-15(24)19(16(25)8-11)30-22-29-17-10-27-21(28-12-1-4-14(33)5-2-12)31-20(17)32(22)13-3-6-18(34)26-9-13/h7-8,10,12-14,33H,1-6,9H2,(H,26,34)(H,29,30)(H,27,28,31)/t12?,13-,14?/m1/s1. The topological polar surface area (TPSA) is 117 Å². The van der Waals surface area contributed by atoms with E-state index in [2.05, 4.69) is 30.9 Å². The number of nitrogens with one attached hydrogen (secondary N) is 3. The van der Waals surface area contributed by atoms with Crippen LogP contribution in [0.15, 0.2) is 18.3 Å². The minimum atomic E-state index is -1.10. The first-order valence-electron chi connectivity index (χ1n) is 11.2. The van der Waals surface area contributed by atoms with Crippen molar-refractivity contribution in [2.24, 2.45) is 0 Å². The summed E-state index contributed by atoms with van der Waals surface area (Å²) in [7, 11) is 0. The molecule has 2 aromatic heterocycles. The van der Waals surface area contributed by atoms with Gasteiger partial charge in [-0.3, -0.25) is 9.36 Å². The molecule has 12 heteroatoms. The van der Waals surface area contributed by atoms with Crippen LogP contribution in [-0.2, 0) is 4.79 Å². The van der Waals surface area contributed by atoms with E-state index in [0.717, 1.165) is 12.8 Å². The van der Waals surface area contributed by atoms with Gasteiger partial charge in [0, 0.05) is 31.1 Å². The average Bonchev–Trinajstić information content (AvgIpc) is 3.16. The van der Waals surface area contributed by atoms with Gasteiger partial charge in [-0.2, -0.15) is 4.98 Å². The number of aliphatic hydroxyl groups excluding tert-OH is 1. The van der Waals surface area contributed by atoms with Crippen LogP contribution in [0.25, 0.3) is 11.2 Å². The first-order valence-corrected chi connectivity index (χ1v) is 11.2. The van der Waals surface area contributed by atoms with Crippen molar-refractivity contribution in [3.63, 3.8) is 0 Å². The van der Waals surface area contributed by atoms with E-state index < -0.39 is 23.1 Å². The largest absolute Gasteiger partial charge is 0.393 e. The SMILES string of the molecule is O=C1CC[C@@H](n2c(Nc3c(F)cc(F)cc3F)nc3cnc(NC4CCC(O)CC4)nc32)CN1. The molecule has 0 unspecified atom stereocenters. The van der Waals surface area contributed by atoms with Crippen molar-refractivity contribution in [2.45, 2.75) is 56.7 Å². The number of benzene rings is 1. The van der Waals surface area contributed by atoms with Crippen molar-refractivity contribution in [2.75, 3.05) is 17.2 Å². The summed E-state index contributed by atoms with van der Waals surface area (Å²) in [5.41, 5.74) is 0.289. The molecule has 1 atom stereocenters. The molecule has 3 aromatic rings. The third kappa shape index (κ3) is 4.49. The first-order chi connectivity index (χ1) is 16.4. The Kier molecular flexibility index (Phi) is 5.98. The molecule has 1 saturated heterocycles. The number of anilines is 3. The van der Waals surface area contributed by atoms with E-state index >= 15 is 0 Å². The molecular formula is C22H24F3N7O2. The van der Waals surface area contributed by atoms with Crippen molar-refractivity contribution in [1.29, 1.82) is 0 Å². The second kappa shape index (κ2) is 9.09. The number of imidazole rings is 1. The van der Waals surface area contributed by atoms with Gasteiger partial charge in [0.2, 0.25) is 17.8 Å². The molecule has 1 amide bonds. The molecule has 2 aliphatic rings. The maximum absolute atomic E-state index is 14.3. The fourth-order valence-electron chi connectivity index (χ4n) is 4.51. The molecule has 3 heterocycles. The van der Waals surface area contributed by atoms with Gasteiger partial charge in [-0.05, 0) is 32.1 Å². The lowest BCUT2D eigenvalue weighted by Gasteiger charge is -2.27. The number of halogens is 3. The monoisotopic (exact) mass is 475 g/mol. The molecule has 9 nitrogen and oxygen atoms in total. The molecule has 0 radical (unpaired) electrons. The Bertz CT molecular complexity index is 1190. The summed E-state index contributed by atoms with van der Waals surface area (Å²) in [5, 5.41) is 18.5. The van der Waals surface area contributed by atoms with Crippen LogP contribution >= 0.6 is 0 Å². The first kappa shape index (κ1) is 22.4. The Morgan fingerprint density at radius 3 is 2.47 bits per heavy atom. The number of hydrogen-bond donors (Lipinski definition) is 4. The van der Waals surface area contributed by atoms with E-state index in [1.807, 2.05) is 0 Å². The Balaban J connectivity index is 1.52. The van der Waals surface area contributed by atoms with Gasteiger partial charge in [-0.1, -0.05) is 0 Å². The molecule has 5 rings (SSSR count). The van der Waals surface area contributed by atoms with Crippen LogP contribution in [0.1, 0.15) is 44.6 Å². The zero-order valence-electron chi connectivity index (χ0n) is 18.2. The van der Waals surface area contributed by atoms with E-state index in [1.165, 1.54) is 6.20 Å². The van der Waals surface area contributed by atoms with Crippen LogP contribution in [0.3, 0.4) is 0 Å². The lowest BCUT2D eigenvalue weighted by Crippen LogP contribution is -2.36. The third-order valence-corrected chi connectivity index (χ3v) is 6.31. The summed E-state index contributed by atoms with van der Waals surface area (Å²) < 4.78 is 43.7. The zero-order valence-corrected chi connectivity index (χ0v) is 18.2. The Labute approximate surface area is 192 Å². The zero-order chi connectivity index (χ0) is 23.8. The van der Waals surface area contributed by atoms with Gasteiger partial charge in [0.1, 0.15) is 17.0 Å². The second-order valence-corrected chi connectivity index (χ2v) is 8.72. The fraction of sp³-hybridized carbons (Fsp3) is 0.455. The van der Waals surface area contributed by atoms with Gasteiger partial charge in [0.25, 0.3) is 0 Å². The quantitative estimate of drug-likeness (QED) is 0.448. The molecule has 0 spiro atoms. The number of fused-ring (bicyclic) bond motifs is 1. The maximum Gasteiger partial charge on any atom is 0.224 e. The van der Waals surface area contributed by atoms with Crippen molar-refractivity contribution in [1.82, 2.24) is 24.8 Å². The Morgan fingerprint density at radius 2 is 1.79 bits per heavy atom. The third-order valence-electron chi connectivity index (χ3n) is 6.31. The normalized spacial score (nSPS) is 23.1. The van der Waals surface area contributed by atoms with Crippen LogP contribution in [-0.4, -0.2) is 49.2 Å². The van der Waals surface area contributed by atoms with Gasteiger partial charge < -0.3 is 21.1 Å². The summed E-state index contributed by atoms with van der Waals surface area (Å²) in [4.78, 5) is 25.1. The van der Waals surface area contributed by atoms with Gasteiger partial charge in [0.15, 0.2) is 17.3 Å². The average molecular weight is 475 g/mol. The van der Waals surface area contributed by atoms with E-state index in [0.29, 0.717) is 55.1 Å². The van der Waals surface area contributed by atoms with Crippen molar-refractivity contribution in [3.8, 4) is 0 Å². The van der Waals surface area contributed by atoms with E-state index in [9.17, 15) is 23.1 Å². The van der Waals surface area contributed by atoms with Gasteiger partial charge in [-0.15, -0.1) is 0 Å². The van der Waals surface area contributed by atoms with E-state index in [1.54, 1.807) is 4.57 Å². The predicted molar refractivity (Wildman–Crippen MR) is 118 cm³/mol. The highest BCUT2D eigenvalue weighted by atomic mass is 19.1.